The smallest absolute Gasteiger partial charge is 0.0697 e. The van der Waals surface area contributed by atoms with E-state index in [2.05, 4.69) is 62.4 Å². The van der Waals surface area contributed by atoms with Crippen LogP contribution in [0.1, 0.15) is 37.2 Å². The summed E-state index contributed by atoms with van der Waals surface area (Å²) in [5.74, 6) is 1.72. The van der Waals surface area contributed by atoms with Crippen LogP contribution < -0.4 is 0 Å². The molecule has 0 unspecified atom stereocenters. The van der Waals surface area contributed by atoms with Gasteiger partial charge in [0.1, 0.15) is 7.85 Å². The van der Waals surface area contributed by atoms with E-state index < -0.39 is 0 Å². The van der Waals surface area contributed by atoms with E-state index in [1.807, 2.05) is 0 Å². The van der Waals surface area contributed by atoms with E-state index in [1.165, 1.54) is 42.4 Å². The molecule has 19 heavy (non-hydrogen) atoms. The molecule has 0 nitrogen and oxygen atoms in total. The van der Waals surface area contributed by atoms with Gasteiger partial charge < -0.3 is 0 Å². The second-order valence-electron chi connectivity index (χ2n) is 5.94. The Morgan fingerprint density at radius 1 is 0.684 bits per heavy atom. The summed E-state index contributed by atoms with van der Waals surface area (Å²) in [6.45, 7) is 0. The van der Waals surface area contributed by atoms with Crippen LogP contribution >= 0.6 is 0 Å². The fraction of sp³-hybridized carbons (Fsp3) is 0.333. The van der Waals surface area contributed by atoms with Crippen molar-refractivity contribution in [1.82, 2.24) is 0 Å². The predicted molar refractivity (Wildman–Crippen MR) is 85.4 cm³/mol. The molecule has 1 aliphatic rings. The Bertz CT molecular complexity index is 507. The van der Waals surface area contributed by atoms with Crippen LogP contribution in [0.2, 0.25) is 5.82 Å². The Kier molecular flexibility index (Phi) is 3.73. The summed E-state index contributed by atoms with van der Waals surface area (Å²) in [7, 11) is 2.38. The molecule has 0 heterocycles. The van der Waals surface area contributed by atoms with Crippen LogP contribution in [0.25, 0.3) is 11.1 Å². The fourth-order valence-electron chi connectivity index (χ4n) is 3.17. The average molecular weight is 248 g/mol. The van der Waals surface area contributed by atoms with E-state index >= 15 is 0 Å². The van der Waals surface area contributed by atoms with Crippen molar-refractivity contribution in [3.05, 3.63) is 60.2 Å². The van der Waals surface area contributed by atoms with Gasteiger partial charge in [0, 0.05) is 0 Å². The number of benzene rings is 2. The summed E-state index contributed by atoms with van der Waals surface area (Å²) < 4.78 is 0. The van der Waals surface area contributed by atoms with Gasteiger partial charge in [-0.2, -0.15) is 0 Å². The lowest BCUT2D eigenvalue weighted by Crippen LogP contribution is -2.09. The quantitative estimate of drug-likeness (QED) is 0.689. The van der Waals surface area contributed by atoms with Crippen molar-refractivity contribution in [1.29, 1.82) is 0 Å². The lowest BCUT2D eigenvalue weighted by atomic mass is 9.70. The van der Waals surface area contributed by atoms with Gasteiger partial charge in [0.25, 0.3) is 0 Å². The standard InChI is InChI=1S/C18H21B/c19-18-12-10-17(11-13-18)16-8-6-15(7-9-16)14-4-2-1-3-5-14/h1-9,17-18H,10-13,19H2. The molecule has 1 saturated carbocycles. The predicted octanol–water partition coefficient (Wildman–Crippen LogP) is 4.43. The minimum absolute atomic E-state index is 0.793. The molecule has 2 aromatic carbocycles. The molecule has 0 amide bonds. The number of hydrogen-bond donors (Lipinski definition) is 0. The molecule has 0 radical (unpaired) electrons. The normalized spacial score (nSPS) is 23.2. The zero-order chi connectivity index (χ0) is 13.1. The van der Waals surface area contributed by atoms with E-state index in [-0.39, 0.29) is 0 Å². The Balaban J connectivity index is 1.76. The average Bonchev–Trinajstić information content (AvgIpc) is 2.49. The summed E-state index contributed by atoms with van der Waals surface area (Å²) in [5, 5.41) is 0. The van der Waals surface area contributed by atoms with Gasteiger partial charge in [-0.1, -0.05) is 73.3 Å². The van der Waals surface area contributed by atoms with Crippen LogP contribution in [0.3, 0.4) is 0 Å². The molecule has 1 heteroatoms. The summed E-state index contributed by atoms with van der Waals surface area (Å²) in [6, 6.07) is 19.9. The zero-order valence-corrected chi connectivity index (χ0v) is 11.7. The van der Waals surface area contributed by atoms with Crippen molar-refractivity contribution in [2.45, 2.75) is 37.4 Å². The van der Waals surface area contributed by atoms with Crippen LogP contribution in [0.4, 0.5) is 0 Å². The number of hydrogen-bond acceptors (Lipinski definition) is 0. The van der Waals surface area contributed by atoms with E-state index in [4.69, 9.17) is 0 Å². The molecule has 0 saturated heterocycles. The molecule has 0 aromatic heterocycles. The third kappa shape index (κ3) is 2.92. The highest BCUT2D eigenvalue weighted by molar-refractivity contribution is 6.11. The first-order valence-corrected chi connectivity index (χ1v) is 7.48. The Labute approximate surface area is 117 Å². The molecule has 0 N–H and O–H groups in total. The maximum Gasteiger partial charge on any atom is 0.105 e. The van der Waals surface area contributed by atoms with E-state index in [0.717, 1.165) is 11.7 Å². The molecule has 0 aliphatic heterocycles. The fourth-order valence-corrected chi connectivity index (χ4v) is 3.17. The SMILES string of the molecule is BC1CCC(c2ccc(-c3ccccc3)cc2)CC1. The first-order chi connectivity index (χ1) is 9.33. The van der Waals surface area contributed by atoms with Gasteiger partial charge in [0.2, 0.25) is 0 Å². The minimum Gasteiger partial charge on any atom is -0.0697 e. The monoisotopic (exact) mass is 248 g/mol. The van der Waals surface area contributed by atoms with Gasteiger partial charge in [0.15, 0.2) is 0 Å². The van der Waals surface area contributed by atoms with Crippen molar-refractivity contribution in [3.8, 4) is 11.1 Å². The lowest BCUT2D eigenvalue weighted by molar-refractivity contribution is 0.444. The molecule has 1 fully saturated rings. The Hall–Kier alpha value is -1.50. The van der Waals surface area contributed by atoms with Gasteiger partial charge in [-0.25, -0.2) is 0 Å². The molecular weight excluding hydrogens is 227 g/mol. The maximum atomic E-state index is 2.38. The van der Waals surface area contributed by atoms with Crippen molar-refractivity contribution in [2.75, 3.05) is 0 Å². The first-order valence-electron chi connectivity index (χ1n) is 7.48. The van der Waals surface area contributed by atoms with E-state index in [1.54, 1.807) is 0 Å². The summed E-state index contributed by atoms with van der Waals surface area (Å²) in [6.07, 6.45) is 5.52. The molecule has 1 aliphatic carbocycles. The van der Waals surface area contributed by atoms with Crippen molar-refractivity contribution >= 4 is 7.85 Å². The van der Waals surface area contributed by atoms with Crippen LogP contribution in [-0.2, 0) is 0 Å². The third-order valence-corrected chi connectivity index (χ3v) is 4.51. The van der Waals surface area contributed by atoms with E-state index in [0.29, 0.717) is 0 Å². The van der Waals surface area contributed by atoms with Crippen molar-refractivity contribution in [3.63, 3.8) is 0 Å². The van der Waals surface area contributed by atoms with Crippen molar-refractivity contribution in [2.24, 2.45) is 0 Å². The van der Waals surface area contributed by atoms with Crippen LogP contribution in [0.15, 0.2) is 54.6 Å². The maximum absolute atomic E-state index is 2.38. The third-order valence-electron chi connectivity index (χ3n) is 4.51. The highest BCUT2D eigenvalue weighted by Crippen LogP contribution is 2.37. The second-order valence-corrected chi connectivity index (χ2v) is 5.94. The topological polar surface area (TPSA) is 0 Å². The van der Waals surface area contributed by atoms with Crippen LogP contribution in [-0.4, -0.2) is 7.85 Å². The highest BCUT2D eigenvalue weighted by Gasteiger charge is 2.19. The molecule has 0 atom stereocenters. The van der Waals surface area contributed by atoms with Gasteiger partial charge >= 0.3 is 0 Å². The molecule has 3 rings (SSSR count). The second kappa shape index (κ2) is 5.65. The molecule has 0 spiro atoms. The molecule has 0 bridgehead atoms. The molecule has 96 valence electrons. The minimum atomic E-state index is 0.793. The molecule has 2 aromatic rings. The van der Waals surface area contributed by atoms with Gasteiger partial charge in [0.05, 0.1) is 0 Å². The van der Waals surface area contributed by atoms with E-state index in [9.17, 15) is 0 Å². The lowest BCUT2D eigenvalue weighted by Gasteiger charge is -2.26. The summed E-state index contributed by atoms with van der Waals surface area (Å²) in [5.41, 5.74) is 4.17. The summed E-state index contributed by atoms with van der Waals surface area (Å²) in [4.78, 5) is 0. The number of rotatable bonds is 2. The van der Waals surface area contributed by atoms with Crippen LogP contribution in [0.5, 0.6) is 0 Å². The van der Waals surface area contributed by atoms with Crippen LogP contribution in [0, 0.1) is 0 Å². The zero-order valence-electron chi connectivity index (χ0n) is 11.7. The first kappa shape index (κ1) is 12.5. The Morgan fingerprint density at radius 3 is 1.89 bits per heavy atom. The van der Waals surface area contributed by atoms with Gasteiger partial charge in [-0.15, -0.1) is 0 Å². The Morgan fingerprint density at radius 2 is 1.26 bits per heavy atom. The van der Waals surface area contributed by atoms with Crippen molar-refractivity contribution < 1.29 is 0 Å². The molecular formula is C18H21B. The largest absolute Gasteiger partial charge is 0.105 e. The van der Waals surface area contributed by atoms with Gasteiger partial charge in [-0.05, 0) is 35.4 Å². The van der Waals surface area contributed by atoms with Gasteiger partial charge in [-0.3, -0.25) is 0 Å². The highest BCUT2D eigenvalue weighted by atomic mass is 14.2. The summed E-state index contributed by atoms with van der Waals surface area (Å²) >= 11 is 0.